The Hall–Kier alpha value is -3.16. The van der Waals surface area contributed by atoms with Crippen LogP contribution in [-0.2, 0) is 9.47 Å². The van der Waals surface area contributed by atoms with Crippen molar-refractivity contribution >= 4 is 23.1 Å². The molecule has 0 atom stereocenters. The minimum absolute atomic E-state index is 0.0172. The number of hydrogen-bond acceptors (Lipinski definition) is 8. The van der Waals surface area contributed by atoms with Crippen molar-refractivity contribution in [3.05, 3.63) is 35.9 Å². The maximum Gasteiger partial charge on any atom is 0.284 e. The third kappa shape index (κ3) is 7.61. The van der Waals surface area contributed by atoms with Crippen molar-refractivity contribution in [1.29, 1.82) is 0 Å². The van der Waals surface area contributed by atoms with Gasteiger partial charge in [-0.15, -0.1) is 0 Å². The number of morpholine rings is 1. The first-order chi connectivity index (χ1) is 20.5. The highest BCUT2D eigenvalue weighted by Gasteiger charge is 2.27. The first-order valence-corrected chi connectivity index (χ1v) is 15.2. The van der Waals surface area contributed by atoms with E-state index >= 15 is 0 Å². The van der Waals surface area contributed by atoms with Crippen LogP contribution in [0.4, 0.5) is 20.3 Å². The number of nitrogens with zero attached hydrogens (tertiary/aromatic N) is 6. The molecule has 11 nitrogen and oxygen atoms in total. The monoisotopic (exact) mass is 588 g/mol. The summed E-state index contributed by atoms with van der Waals surface area (Å²) in [6, 6.07) is 1.85. The predicted molar refractivity (Wildman–Crippen MR) is 155 cm³/mol. The lowest BCUT2D eigenvalue weighted by Crippen LogP contribution is -2.36. The van der Waals surface area contributed by atoms with Gasteiger partial charge < -0.3 is 25.0 Å². The fourth-order valence-corrected chi connectivity index (χ4v) is 5.60. The largest absolute Gasteiger partial charge is 0.381 e. The first kappa shape index (κ1) is 30.3. The number of carbonyl (C=O) groups excluding carboxylic acids is 1. The Balaban J connectivity index is 1.16. The molecule has 0 aromatic carbocycles. The molecule has 1 saturated carbocycles. The second kappa shape index (κ2) is 14.8. The molecule has 13 heteroatoms. The van der Waals surface area contributed by atoms with Gasteiger partial charge in [-0.05, 0) is 63.6 Å². The summed E-state index contributed by atoms with van der Waals surface area (Å²) in [4.78, 5) is 20.0. The van der Waals surface area contributed by atoms with E-state index in [0.717, 1.165) is 71.2 Å². The number of fused-ring (bicyclic) bond motifs is 1. The van der Waals surface area contributed by atoms with Crippen LogP contribution in [0.1, 0.15) is 80.4 Å². The zero-order chi connectivity index (χ0) is 29.3. The number of nitrogens with one attached hydrogen (secondary N) is 2. The lowest BCUT2D eigenvalue weighted by atomic mass is 9.86. The van der Waals surface area contributed by atoms with Crippen molar-refractivity contribution in [2.45, 2.75) is 64.3 Å². The maximum atomic E-state index is 14.0. The Labute approximate surface area is 244 Å². The molecule has 2 N–H and O–H groups in total. The van der Waals surface area contributed by atoms with E-state index in [4.69, 9.17) is 9.47 Å². The van der Waals surface area contributed by atoms with Gasteiger partial charge in [0.25, 0.3) is 12.3 Å². The van der Waals surface area contributed by atoms with Gasteiger partial charge >= 0.3 is 0 Å². The van der Waals surface area contributed by atoms with Crippen molar-refractivity contribution in [2.24, 2.45) is 5.92 Å². The highest BCUT2D eigenvalue weighted by molar-refractivity contribution is 6.08. The fraction of sp³-hybridized carbons (Fsp3) is 0.655. The molecule has 230 valence electrons. The number of unbranched alkanes of at least 4 members (excludes halogenated alkanes) is 1. The van der Waals surface area contributed by atoms with Gasteiger partial charge in [0.2, 0.25) is 0 Å². The number of halogens is 2. The lowest BCUT2D eigenvalue weighted by Gasteiger charge is -2.29. The molecule has 3 aromatic rings. The third-order valence-electron chi connectivity index (χ3n) is 8.06. The molecule has 42 heavy (non-hydrogen) atoms. The molecule has 1 amide bonds. The second-order valence-corrected chi connectivity index (χ2v) is 11.1. The number of ether oxygens (including phenoxy) is 2. The quantitative estimate of drug-likeness (QED) is 0.265. The summed E-state index contributed by atoms with van der Waals surface area (Å²) in [5.41, 5.74) is 0.160. The normalized spacial score (nSPS) is 19.6. The zero-order valence-corrected chi connectivity index (χ0v) is 24.3. The van der Waals surface area contributed by atoms with Crippen molar-refractivity contribution in [3.8, 4) is 0 Å². The van der Waals surface area contributed by atoms with Crippen molar-refractivity contribution < 1.29 is 23.0 Å². The van der Waals surface area contributed by atoms with Crippen molar-refractivity contribution in [1.82, 2.24) is 29.7 Å². The predicted octanol–water partition coefficient (Wildman–Crippen LogP) is 4.48. The maximum absolute atomic E-state index is 14.0. The molecule has 0 bridgehead atoms. The van der Waals surface area contributed by atoms with E-state index in [-0.39, 0.29) is 17.3 Å². The van der Waals surface area contributed by atoms with Gasteiger partial charge in [0.15, 0.2) is 11.3 Å². The molecule has 1 aliphatic carbocycles. The fourth-order valence-electron chi connectivity index (χ4n) is 5.60. The topological polar surface area (TPSA) is 111 Å². The van der Waals surface area contributed by atoms with Crippen LogP contribution in [0.5, 0.6) is 0 Å². The average Bonchev–Trinajstić information content (AvgIpc) is 3.64. The number of anilines is 2. The van der Waals surface area contributed by atoms with Crippen molar-refractivity contribution in [3.63, 3.8) is 0 Å². The number of aromatic nitrogens is 5. The number of carbonyl (C=O) groups is 1. The standard InChI is InChI=1S/C29H42F2N8O3/c1-2-3-14-41-15-4-10-32-18-21-5-7-22(8-6-21)39-20-24(26(36-39)27(30)31)34-29(40)23-19-33-38-11-9-25(35-28(23)38)37-12-16-42-17-13-37/h9,11,19-22,27,32H,2-8,10,12-18H2,1H3,(H,34,40). The molecular weight excluding hydrogens is 546 g/mol. The van der Waals surface area contributed by atoms with Gasteiger partial charge in [0.1, 0.15) is 11.4 Å². The SMILES string of the molecule is CCCCOCCCNCC1CCC(n2cc(NC(=O)c3cnn4ccc(N5CCOCC5)nc34)c(C(F)F)n2)CC1. The van der Waals surface area contributed by atoms with E-state index in [9.17, 15) is 13.6 Å². The molecule has 5 rings (SSSR count). The second-order valence-electron chi connectivity index (χ2n) is 11.1. The zero-order valence-electron chi connectivity index (χ0n) is 24.3. The van der Waals surface area contributed by atoms with Gasteiger partial charge in [-0.25, -0.2) is 18.3 Å². The molecule has 3 aromatic heterocycles. The van der Waals surface area contributed by atoms with E-state index in [1.165, 1.54) is 10.7 Å². The summed E-state index contributed by atoms with van der Waals surface area (Å²) in [6.07, 6.45) is 8.82. The number of amides is 1. The highest BCUT2D eigenvalue weighted by Crippen LogP contribution is 2.34. The molecule has 0 unspecified atom stereocenters. The van der Waals surface area contributed by atoms with Crippen LogP contribution in [0.25, 0.3) is 5.65 Å². The minimum atomic E-state index is -2.82. The smallest absolute Gasteiger partial charge is 0.284 e. The van der Waals surface area contributed by atoms with Crippen LogP contribution in [-0.4, -0.2) is 82.9 Å². The first-order valence-electron chi connectivity index (χ1n) is 15.2. The number of alkyl halides is 2. The molecule has 2 aliphatic rings. The number of hydrogen-bond donors (Lipinski definition) is 2. The Bertz CT molecular complexity index is 1290. The molecule has 0 spiro atoms. The van der Waals surface area contributed by atoms with Crippen LogP contribution in [0.15, 0.2) is 24.7 Å². The number of rotatable bonds is 14. The highest BCUT2D eigenvalue weighted by atomic mass is 19.3. The van der Waals surface area contributed by atoms with Gasteiger partial charge in [0, 0.05) is 38.7 Å². The van der Waals surface area contributed by atoms with Crippen LogP contribution >= 0.6 is 0 Å². The van der Waals surface area contributed by atoms with Gasteiger partial charge in [-0.2, -0.15) is 10.2 Å². The average molecular weight is 589 g/mol. The Morgan fingerprint density at radius 2 is 1.95 bits per heavy atom. The van der Waals surface area contributed by atoms with Gasteiger partial charge in [0.05, 0.1) is 31.1 Å². The molecule has 0 radical (unpaired) electrons. The Morgan fingerprint density at radius 1 is 1.17 bits per heavy atom. The lowest BCUT2D eigenvalue weighted by molar-refractivity contribution is 0.102. The summed E-state index contributed by atoms with van der Waals surface area (Å²) < 4.78 is 42.1. The molecule has 1 saturated heterocycles. The minimum Gasteiger partial charge on any atom is -0.381 e. The van der Waals surface area contributed by atoms with Crippen molar-refractivity contribution in [2.75, 3.05) is 62.8 Å². The summed E-state index contributed by atoms with van der Waals surface area (Å²) in [5.74, 6) is 0.712. The summed E-state index contributed by atoms with van der Waals surface area (Å²) >= 11 is 0. The van der Waals surface area contributed by atoms with Gasteiger partial charge in [-0.1, -0.05) is 13.3 Å². The van der Waals surface area contributed by atoms with Crippen LogP contribution in [0, 0.1) is 5.92 Å². The van der Waals surface area contributed by atoms with E-state index in [1.54, 1.807) is 17.1 Å². The van der Waals surface area contributed by atoms with E-state index in [2.05, 4.69) is 37.6 Å². The molecule has 4 heterocycles. The van der Waals surface area contributed by atoms with Crippen LogP contribution in [0.3, 0.4) is 0 Å². The molecular formula is C29H42F2N8O3. The summed E-state index contributed by atoms with van der Waals surface area (Å²) in [5, 5.41) is 14.6. The van der Waals surface area contributed by atoms with E-state index < -0.39 is 18.0 Å². The molecule has 2 fully saturated rings. The Morgan fingerprint density at radius 3 is 2.71 bits per heavy atom. The summed E-state index contributed by atoms with van der Waals surface area (Å²) in [7, 11) is 0. The van der Waals surface area contributed by atoms with Crippen LogP contribution in [0.2, 0.25) is 0 Å². The Kier molecular flexibility index (Phi) is 10.7. The van der Waals surface area contributed by atoms with Crippen LogP contribution < -0.4 is 15.5 Å². The van der Waals surface area contributed by atoms with E-state index in [0.29, 0.717) is 43.7 Å². The summed E-state index contributed by atoms with van der Waals surface area (Å²) in [6.45, 7) is 8.26. The third-order valence-corrected chi connectivity index (χ3v) is 8.06. The van der Waals surface area contributed by atoms with E-state index in [1.807, 2.05) is 6.07 Å². The van der Waals surface area contributed by atoms with Gasteiger partial charge in [-0.3, -0.25) is 9.48 Å². The molecule has 1 aliphatic heterocycles.